The topological polar surface area (TPSA) is 55.8 Å². The Morgan fingerprint density at radius 1 is 0.944 bits per heavy atom. The van der Waals surface area contributed by atoms with Crippen LogP contribution in [0, 0.1) is 5.82 Å². The predicted molar refractivity (Wildman–Crippen MR) is 139 cm³/mol. The summed E-state index contributed by atoms with van der Waals surface area (Å²) in [4.78, 5) is 11.3. The van der Waals surface area contributed by atoms with Gasteiger partial charge in [0.1, 0.15) is 23.9 Å². The highest BCUT2D eigenvalue weighted by molar-refractivity contribution is 5.87. The fraction of sp³-hybridized carbons (Fsp3) is 0.258. The van der Waals surface area contributed by atoms with Crippen LogP contribution in [0.25, 0.3) is 22.3 Å². The van der Waals surface area contributed by atoms with Crippen molar-refractivity contribution in [1.29, 1.82) is 0 Å². The number of carbonyl (C=O) groups is 1. The van der Waals surface area contributed by atoms with E-state index in [1.807, 2.05) is 36.4 Å². The zero-order valence-corrected chi connectivity index (χ0v) is 20.4. The molecular formula is C31H29FO4. The van der Waals surface area contributed by atoms with Gasteiger partial charge in [0.15, 0.2) is 0 Å². The molecule has 0 aliphatic heterocycles. The third-order valence-corrected chi connectivity index (χ3v) is 6.78. The summed E-state index contributed by atoms with van der Waals surface area (Å²) in [6.07, 6.45) is 7.28. The molecule has 0 heterocycles. The molecule has 5 rings (SSSR count). The number of carboxylic acid groups (broad SMARTS) is 1. The van der Waals surface area contributed by atoms with Crippen LogP contribution in [-0.2, 0) is 11.4 Å². The van der Waals surface area contributed by atoms with Gasteiger partial charge < -0.3 is 14.6 Å². The van der Waals surface area contributed by atoms with Crippen LogP contribution in [0.15, 0.2) is 72.3 Å². The summed E-state index contributed by atoms with van der Waals surface area (Å²) in [5.41, 5.74) is 7.63. The lowest BCUT2D eigenvalue weighted by molar-refractivity contribution is -0.135. The van der Waals surface area contributed by atoms with Crippen molar-refractivity contribution in [3.8, 4) is 22.6 Å². The molecular weight excluding hydrogens is 455 g/mol. The van der Waals surface area contributed by atoms with Crippen molar-refractivity contribution in [3.63, 3.8) is 0 Å². The largest absolute Gasteiger partial charge is 0.497 e. The second-order valence-electron chi connectivity index (χ2n) is 9.32. The first-order valence-electron chi connectivity index (χ1n) is 12.3. The quantitative estimate of drug-likeness (QED) is 0.339. The van der Waals surface area contributed by atoms with Crippen molar-refractivity contribution < 1.29 is 23.8 Å². The number of halogens is 1. The molecule has 184 valence electrons. The van der Waals surface area contributed by atoms with Crippen molar-refractivity contribution in [2.24, 2.45) is 0 Å². The molecule has 0 amide bonds. The van der Waals surface area contributed by atoms with Crippen LogP contribution in [-0.4, -0.2) is 18.2 Å². The van der Waals surface area contributed by atoms with Gasteiger partial charge in [-0.15, -0.1) is 0 Å². The number of hydrogen-bond donors (Lipinski definition) is 1. The molecule has 0 bridgehead atoms. The Labute approximate surface area is 210 Å². The van der Waals surface area contributed by atoms with Gasteiger partial charge in [-0.3, -0.25) is 4.79 Å². The second kappa shape index (κ2) is 10.4. The summed E-state index contributed by atoms with van der Waals surface area (Å²) in [5, 5.41) is 9.31. The molecule has 1 saturated carbocycles. The van der Waals surface area contributed by atoms with E-state index in [0.29, 0.717) is 23.7 Å². The third-order valence-electron chi connectivity index (χ3n) is 6.78. The highest BCUT2D eigenvalue weighted by atomic mass is 19.1. The summed E-state index contributed by atoms with van der Waals surface area (Å²) >= 11 is 0. The molecule has 5 heteroatoms. The monoisotopic (exact) mass is 484 g/mol. The molecule has 3 aromatic rings. The van der Waals surface area contributed by atoms with E-state index in [2.05, 4.69) is 12.1 Å². The van der Waals surface area contributed by atoms with Gasteiger partial charge >= 0.3 is 5.97 Å². The summed E-state index contributed by atoms with van der Waals surface area (Å²) in [6.45, 7) is 0.357. The SMILES string of the molecule is COc1ccc(F)c(-c2ccc(COc3cccc(C(CC(=O)O)=C4CC4)c3)cc2C2=CCCC2)c1. The first-order valence-corrected chi connectivity index (χ1v) is 12.3. The number of methoxy groups -OCH3 is 1. The Hall–Kier alpha value is -3.86. The zero-order valence-electron chi connectivity index (χ0n) is 20.4. The number of allylic oxidation sites excluding steroid dienone is 3. The number of hydrogen-bond acceptors (Lipinski definition) is 3. The maximum Gasteiger partial charge on any atom is 0.307 e. The number of benzene rings is 3. The van der Waals surface area contributed by atoms with Crippen molar-refractivity contribution in [1.82, 2.24) is 0 Å². The van der Waals surface area contributed by atoms with Crippen LogP contribution in [0.3, 0.4) is 0 Å². The predicted octanol–water partition coefficient (Wildman–Crippen LogP) is 7.67. The normalized spacial score (nSPS) is 14.4. The van der Waals surface area contributed by atoms with Crippen molar-refractivity contribution in [2.45, 2.75) is 45.1 Å². The Balaban J connectivity index is 1.41. The van der Waals surface area contributed by atoms with Gasteiger partial charge in [0.25, 0.3) is 0 Å². The van der Waals surface area contributed by atoms with Gasteiger partial charge in [-0.05, 0) is 102 Å². The van der Waals surface area contributed by atoms with Crippen LogP contribution in [0.4, 0.5) is 4.39 Å². The van der Waals surface area contributed by atoms with Gasteiger partial charge in [-0.2, -0.15) is 0 Å². The van der Waals surface area contributed by atoms with E-state index in [-0.39, 0.29) is 12.2 Å². The van der Waals surface area contributed by atoms with Crippen molar-refractivity contribution in [2.75, 3.05) is 7.11 Å². The van der Waals surface area contributed by atoms with E-state index in [4.69, 9.17) is 9.47 Å². The number of ether oxygens (including phenoxy) is 2. The van der Waals surface area contributed by atoms with Crippen LogP contribution in [0.2, 0.25) is 0 Å². The molecule has 36 heavy (non-hydrogen) atoms. The number of aliphatic carboxylic acids is 1. The Kier molecular flexibility index (Phi) is 6.90. The van der Waals surface area contributed by atoms with E-state index >= 15 is 0 Å². The molecule has 0 spiro atoms. The number of carboxylic acids is 1. The average Bonchev–Trinajstić information content (AvgIpc) is 3.59. The van der Waals surface area contributed by atoms with E-state index in [1.54, 1.807) is 19.2 Å². The maximum atomic E-state index is 14.8. The average molecular weight is 485 g/mol. The fourth-order valence-corrected chi connectivity index (χ4v) is 4.82. The smallest absolute Gasteiger partial charge is 0.307 e. The lowest BCUT2D eigenvalue weighted by Crippen LogP contribution is -2.00. The molecule has 2 aliphatic rings. The summed E-state index contributed by atoms with van der Waals surface area (Å²) in [7, 11) is 1.58. The van der Waals surface area contributed by atoms with Crippen LogP contribution in [0.1, 0.15) is 55.2 Å². The lowest BCUT2D eigenvalue weighted by Gasteiger charge is -2.16. The molecule has 3 aromatic carbocycles. The van der Waals surface area contributed by atoms with E-state index in [0.717, 1.165) is 59.9 Å². The van der Waals surface area contributed by atoms with E-state index in [1.165, 1.54) is 17.2 Å². The van der Waals surface area contributed by atoms with E-state index < -0.39 is 5.97 Å². The highest BCUT2D eigenvalue weighted by Crippen LogP contribution is 2.40. The first kappa shape index (κ1) is 23.9. The van der Waals surface area contributed by atoms with Gasteiger partial charge in [0.2, 0.25) is 0 Å². The molecule has 0 aromatic heterocycles. The zero-order chi connectivity index (χ0) is 25.1. The standard InChI is InChI=1S/C31H29FO4/c1-35-24-12-14-30(32)29(17-24)26-13-9-20(15-28(26)21-5-2-3-6-21)19-36-25-8-4-7-23(16-25)27(18-31(33)34)22-10-11-22/h4-5,7-9,12-17H,2-3,6,10-11,18-19H2,1H3,(H,33,34). The van der Waals surface area contributed by atoms with Gasteiger partial charge in [0, 0.05) is 5.56 Å². The van der Waals surface area contributed by atoms with Gasteiger partial charge in [0.05, 0.1) is 13.5 Å². The Morgan fingerprint density at radius 3 is 2.53 bits per heavy atom. The van der Waals surface area contributed by atoms with Crippen LogP contribution in [0.5, 0.6) is 11.5 Å². The third kappa shape index (κ3) is 5.35. The Morgan fingerprint density at radius 2 is 1.81 bits per heavy atom. The molecule has 0 radical (unpaired) electrons. The molecule has 1 N–H and O–H groups in total. The minimum absolute atomic E-state index is 0.0273. The van der Waals surface area contributed by atoms with Crippen molar-refractivity contribution >= 4 is 17.1 Å². The number of rotatable bonds is 9. The second-order valence-corrected chi connectivity index (χ2v) is 9.32. The van der Waals surface area contributed by atoms with E-state index in [9.17, 15) is 14.3 Å². The van der Waals surface area contributed by atoms with Crippen LogP contribution >= 0.6 is 0 Å². The summed E-state index contributed by atoms with van der Waals surface area (Å²) in [6, 6.07) is 18.5. The maximum absolute atomic E-state index is 14.8. The molecule has 1 fully saturated rings. The minimum atomic E-state index is -0.822. The van der Waals surface area contributed by atoms with Gasteiger partial charge in [-0.25, -0.2) is 4.39 Å². The fourth-order valence-electron chi connectivity index (χ4n) is 4.82. The minimum Gasteiger partial charge on any atom is -0.497 e. The molecule has 4 nitrogen and oxygen atoms in total. The first-order chi connectivity index (χ1) is 17.5. The molecule has 0 saturated heterocycles. The van der Waals surface area contributed by atoms with Crippen LogP contribution < -0.4 is 9.47 Å². The van der Waals surface area contributed by atoms with Gasteiger partial charge in [-0.1, -0.05) is 35.9 Å². The Bertz CT molecular complexity index is 1360. The molecule has 0 unspecified atom stereocenters. The van der Waals surface area contributed by atoms with Crippen molar-refractivity contribution in [3.05, 3.63) is 94.8 Å². The lowest BCUT2D eigenvalue weighted by atomic mass is 9.92. The molecule has 0 atom stereocenters. The summed E-state index contributed by atoms with van der Waals surface area (Å²) < 4.78 is 26.3. The molecule has 2 aliphatic carbocycles. The summed E-state index contributed by atoms with van der Waals surface area (Å²) in [5.74, 6) is 0.213. The highest BCUT2D eigenvalue weighted by Gasteiger charge is 2.21.